The predicted octanol–water partition coefficient (Wildman–Crippen LogP) is 1.21. The van der Waals surface area contributed by atoms with E-state index >= 15 is 0 Å². The Balaban J connectivity index is 1.65. The highest BCUT2D eigenvalue weighted by atomic mass is 32.1. The molecule has 22 heavy (non-hydrogen) atoms. The van der Waals surface area contributed by atoms with Crippen LogP contribution in [0, 0.1) is 5.92 Å². The highest BCUT2D eigenvalue weighted by Gasteiger charge is 2.41. The zero-order chi connectivity index (χ0) is 15.9. The first-order valence-electron chi connectivity index (χ1n) is 7.42. The van der Waals surface area contributed by atoms with Gasteiger partial charge in [0, 0.05) is 18.0 Å². The minimum atomic E-state index is -0.523. The summed E-state index contributed by atoms with van der Waals surface area (Å²) in [6.07, 6.45) is 0.841. The Morgan fingerprint density at radius 1 is 1.45 bits per heavy atom. The molecule has 0 aliphatic carbocycles. The van der Waals surface area contributed by atoms with E-state index in [4.69, 9.17) is 0 Å². The molecule has 1 fully saturated rings. The van der Waals surface area contributed by atoms with E-state index in [2.05, 4.69) is 5.32 Å². The Hall–Kier alpha value is -1.89. The fourth-order valence-electron chi connectivity index (χ4n) is 2.84. The van der Waals surface area contributed by atoms with Gasteiger partial charge in [0.15, 0.2) is 0 Å². The van der Waals surface area contributed by atoms with Crippen molar-refractivity contribution in [2.45, 2.75) is 32.9 Å². The van der Waals surface area contributed by atoms with Crippen LogP contribution in [0.2, 0.25) is 0 Å². The lowest BCUT2D eigenvalue weighted by Crippen LogP contribution is -2.45. The van der Waals surface area contributed by atoms with Gasteiger partial charge in [-0.25, -0.2) is 4.79 Å². The summed E-state index contributed by atoms with van der Waals surface area (Å²) in [4.78, 5) is 40.6. The van der Waals surface area contributed by atoms with E-state index < -0.39 is 12.1 Å². The van der Waals surface area contributed by atoms with Gasteiger partial charge in [-0.3, -0.25) is 14.5 Å². The molecule has 1 atom stereocenters. The van der Waals surface area contributed by atoms with Gasteiger partial charge in [-0.15, -0.1) is 11.3 Å². The summed E-state index contributed by atoms with van der Waals surface area (Å²) in [7, 11) is 0. The molecule has 6 nitrogen and oxygen atoms in total. The Morgan fingerprint density at radius 3 is 2.91 bits per heavy atom. The summed E-state index contributed by atoms with van der Waals surface area (Å²) in [5.74, 6) is -0.466. The molecule has 0 radical (unpaired) electrons. The van der Waals surface area contributed by atoms with Crippen molar-refractivity contribution in [1.29, 1.82) is 0 Å². The van der Waals surface area contributed by atoms with Crippen LogP contribution in [0.1, 0.15) is 24.3 Å². The Labute approximate surface area is 133 Å². The first-order chi connectivity index (χ1) is 10.5. The number of imide groups is 1. The van der Waals surface area contributed by atoms with E-state index in [1.807, 2.05) is 25.3 Å². The van der Waals surface area contributed by atoms with Crippen molar-refractivity contribution in [3.8, 4) is 0 Å². The molecule has 1 aromatic heterocycles. The SMILES string of the molecule is CC(C)[C@H]1NC(=O)N(CC(=O)N2CCc3sccc3C2)C1=O. The van der Waals surface area contributed by atoms with Gasteiger partial charge in [-0.05, 0) is 29.3 Å². The molecule has 0 bridgehead atoms. The number of urea groups is 1. The minimum absolute atomic E-state index is 0.0138. The summed E-state index contributed by atoms with van der Waals surface area (Å²) in [5.41, 5.74) is 1.17. The maximum absolute atomic E-state index is 12.4. The third-order valence-corrected chi connectivity index (χ3v) is 5.20. The number of carbonyl (C=O) groups excluding carboxylic acids is 3. The molecular formula is C15H19N3O3S. The van der Waals surface area contributed by atoms with Gasteiger partial charge in [0.25, 0.3) is 5.91 Å². The van der Waals surface area contributed by atoms with E-state index in [-0.39, 0.29) is 24.3 Å². The average Bonchev–Trinajstić information content (AvgIpc) is 3.05. The summed E-state index contributed by atoms with van der Waals surface area (Å²) >= 11 is 1.71. The highest BCUT2D eigenvalue weighted by molar-refractivity contribution is 7.10. The van der Waals surface area contributed by atoms with Crippen molar-refractivity contribution < 1.29 is 14.4 Å². The van der Waals surface area contributed by atoms with Crippen LogP contribution in [0.3, 0.4) is 0 Å². The van der Waals surface area contributed by atoms with Crippen molar-refractivity contribution in [3.05, 3.63) is 21.9 Å². The van der Waals surface area contributed by atoms with Crippen molar-refractivity contribution in [3.63, 3.8) is 0 Å². The van der Waals surface area contributed by atoms with E-state index in [1.54, 1.807) is 16.2 Å². The number of thiophene rings is 1. The summed E-state index contributed by atoms with van der Waals surface area (Å²) in [5, 5.41) is 4.67. The zero-order valence-corrected chi connectivity index (χ0v) is 13.5. The van der Waals surface area contributed by atoms with Gasteiger partial charge in [-0.2, -0.15) is 0 Å². The highest BCUT2D eigenvalue weighted by Crippen LogP contribution is 2.24. The van der Waals surface area contributed by atoms with Crippen molar-refractivity contribution >= 4 is 29.2 Å². The topological polar surface area (TPSA) is 69.7 Å². The van der Waals surface area contributed by atoms with Crippen LogP contribution in [0.25, 0.3) is 0 Å². The molecule has 1 N–H and O–H groups in total. The van der Waals surface area contributed by atoms with Crippen molar-refractivity contribution in [1.82, 2.24) is 15.1 Å². The van der Waals surface area contributed by atoms with Gasteiger partial charge in [-0.1, -0.05) is 13.8 Å². The molecule has 0 spiro atoms. The fraction of sp³-hybridized carbons (Fsp3) is 0.533. The minimum Gasteiger partial charge on any atom is -0.336 e. The molecule has 3 heterocycles. The van der Waals surface area contributed by atoms with Gasteiger partial charge in [0.1, 0.15) is 12.6 Å². The molecule has 118 valence electrons. The van der Waals surface area contributed by atoms with Gasteiger partial charge in [0.05, 0.1) is 0 Å². The Kier molecular flexibility index (Phi) is 3.90. The first-order valence-corrected chi connectivity index (χ1v) is 8.30. The summed E-state index contributed by atoms with van der Waals surface area (Å²) in [6.45, 7) is 4.78. The Morgan fingerprint density at radius 2 is 2.23 bits per heavy atom. The lowest BCUT2D eigenvalue weighted by atomic mass is 10.1. The molecule has 0 saturated carbocycles. The fourth-order valence-corrected chi connectivity index (χ4v) is 3.73. The zero-order valence-electron chi connectivity index (χ0n) is 12.7. The second-order valence-corrected chi connectivity index (χ2v) is 7.03. The molecule has 1 saturated heterocycles. The lowest BCUT2D eigenvalue weighted by Gasteiger charge is -2.28. The number of carbonyl (C=O) groups is 3. The van der Waals surface area contributed by atoms with E-state index in [1.165, 1.54) is 10.4 Å². The van der Waals surface area contributed by atoms with Crippen molar-refractivity contribution in [2.24, 2.45) is 5.92 Å². The molecule has 4 amide bonds. The lowest BCUT2D eigenvalue weighted by molar-refractivity contribution is -0.138. The van der Waals surface area contributed by atoms with Gasteiger partial charge in [0.2, 0.25) is 5.91 Å². The number of rotatable bonds is 3. The van der Waals surface area contributed by atoms with Crippen LogP contribution >= 0.6 is 11.3 Å². The van der Waals surface area contributed by atoms with E-state index in [0.29, 0.717) is 13.1 Å². The van der Waals surface area contributed by atoms with Crippen LogP contribution < -0.4 is 5.32 Å². The predicted molar refractivity (Wildman–Crippen MR) is 82.3 cm³/mol. The van der Waals surface area contributed by atoms with Crippen molar-refractivity contribution in [2.75, 3.05) is 13.1 Å². The molecular weight excluding hydrogens is 302 g/mol. The van der Waals surface area contributed by atoms with Gasteiger partial charge >= 0.3 is 6.03 Å². The first kappa shape index (κ1) is 15.0. The summed E-state index contributed by atoms with van der Waals surface area (Å²) < 4.78 is 0. The maximum atomic E-state index is 12.4. The van der Waals surface area contributed by atoms with Crippen LogP contribution in [0.4, 0.5) is 4.79 Å². The molecule has 0 unspecified atom stereocenters. The van der Waals surface area contributed by atoms with E-state index in [0.717, 1.165) is 11.3 Å². The molecule has 1 aromatic rings. The number of amides is 4. The molecule has 7 heteroatoms. The number of hydrogen-bond donors (Lipinski definition) is 1. The quantitative estimate of drug-likeness (QED) is 0.851. The average molecular weight is 321 g/mol. The third-order valence-electron chi connectivity index (χ3n) is 4.18. The largest absolute Gasteiger partial charge is 0.336 e. The number of nitrogens with one attached hydrogen (secondary N) is 1. The van der Waals surface area contributed by atoms with E-state index in [9.17, 15) is 14.4 Å². The van der Waals surface area contributed by atoms with Gasteiger partial charge < -0.3 is 10.2 Å². The second-order valence-electron chi connectivity index (χ2n) is 6.03. The maximum Gasteiger partial charge on any atom is 0.325 e. The van der Waals surface area contributed by atoms with Crippen LogP contribution in [0.5, 0.6) is 0 Å². The smallest absolute Gasteiger partial charge is 0.325 e. The van der Waals surface area contributed by atoms with Crippen LogP contribution in [0.15, 0.2) is 11.4 Å². The Bertz CT molecular complexity index is 625. The molecule has 3 rings (SSSR count). The number of hydrogen-bond acceptors (Lipinski definition) is 4. The number of nitrogens with zero attached hydrogens (tertiary/aromatic N) is 2. The second kappa shape index (κ2) is 5.72. The van der Waals surface area contributed by atoms with Crippen LogP contribution in [-0.2, 0) is 22.6 Å². The normalized spacial score (nSPS) is 21.3. The van der Waals surface area contributed by atoms with Crippen LogP contribution in [-0.4, -0.2) is 46.8 Å². The molecule has 0 aromatic carbocycles. The molecule has 2 aliphatic rings. The standard InChI is InChI=1S/C15H19N3O3S/c1-9(2)13-14(20)18(15(21)16-13)8-12(19)17-5-3-11-10(7-17)4-6-22-11/h4,6,9,13H,3,5,7-8H2,1-2H3,(H,16,21)/t13-/m1/s1. The third kappa shape index (κ3) is 2.61. The monoisotopic (exact) mass is 321 g/mol. The number of fused-ring (bicyclic) bond motifs is 1. The molecule has 2 aliphatic heterocycles. The summed E-state index contributed by atoms with van der Waals surface area (Å²) in [6, 6.07) is 1.04.